The van der Waals surface area contributed by atoms with Crippen molar-refractivity contribution in [2.75, 3.05) is 62.8 Å². The molecule has 0 bridgehead atoms. The first-order chi connectivity index (χ1) is 30.1. The lowest BCUT2D eigenvalue weighted by Gasteiger charge is -2.43. The lowest BCUT2D eigenvalue weighted by atomic mass is 9.72. The molecule has 2 aliphatic heterocycles. The highest BCUT2D eigenvalue weighted by atomic mass is 35.5. The van der Waals surface area contributed by atoms with Gasteiger partial charge in [-0.05, 0) is 85.2 Å². The number of benzene rings is 3. The minimum Gasteiger partial charge on any atom is -0.455 e. The average Bonchev–Trinajstić information content (AvgIpc) is 3.73. The SMILES string of the molecule is C[C@@H]1CN(c2ccc(C(=O)NS(=O)(=O)c3cc(F)c(NC[C@H]4COCCO4)c([N+](=O)[O-])c3)c(Oc3cnc4[nH]ccc4c3)c2)CCN1CC1=C(c2ccc(Cl)cc2)CC(C)(C)CC1. The zero-order chi connectivity index (χ0) is 44.5. The predicted molar refractivity (Wildman–Crippen MR) is 239 cm³/mol. The second kappa shape index (κ2) is 18.3. The average molecular weight is 902 g/mol. The molecule has 63 heavy (non-hydrogen) atoms. The molecular weight excluding hydrogens is 853 g/mol. The van der Waals surface area contributed by atoms with Crippen LogP contribution in [0.25, 0.3) is 16.6 Å². The number of aromatic nitrogens is 2. The van der Waals surface area contributed by atoms with Crippen molar-refractivity contribution in [2.24, 2.45) is 5.41 Å². The Morgan fingerprint density at radius 3 is 2.67 bits per heavy atom. The first-order valence-corrected chi connectivity index (χ1v) is 22.7. The molecule has 3 aromatic carbocycles. The standard InChI is InChI=1S/C45H49ClFN7O8S/c1-28-25-53(15-14-52(28)26-31-10-12-45(2,3)22-38(31)29-4-6-32(46)7-5-29)33-8-9-37(41(19-33)62-34-18-30-11-13-48-43(30)50-23-34)44(55)51-63(58,59)36-20-39(47)42(40(21-36)54(56)57)49-24-35-27-60-16-17-61-35/h4-9,11,13,18-21,23,28,35,49H,10,12,14-17,22,24-27H2,1-3H3,(H,48,50)(H,51,55)/t28-,35+/m1/s1. The van der Waals surface area contributed by atoms with Gasteiger partial charge >= 0.3 is 0 Å². The van der Waals surface area contributed by atoms with Gasteiger partial charge in [-0.2, -0.15) is 0 Å². The fraction of sp³-hybridized carbons (Fsp3) is 0.378. The normalized spacial score (nSPS) is 19.5. The van der Waals surface area contributed by atoms with Gasteiger partial charge in [0.25, 0.3) is 21.6 Å². The van der Waals surface area contributed by atoms with Crippen molar-refractivity contribution in [1.82, 2.24) is 19.6 Å². The van der Waals surface area contributed by atoms with Gasteiger partial charge in [0.05, 0.1) is 47.5 Å². The second-order valence-corrected chi connectivity index (χ2v) is 19.1. The highest BCUT2D eigenvalue weighted by Gasteiger charge is 2.33. The number of carbonyl (C=O) groups is 1. The van der Waals surface area contributed by atoms with Gasteiger partial charge in [0, 0.05) is 73.2 Å². The third kappa shape index (κ3) is 10.1. The van der Waals surface area contributed by atoms with Gasteiger partial charge in [0.2, 0.25) is 0 Å². The van der Waals surface area contributed by atoms with Crippen LogP contribution in [-0.4, -0.2) is 98.8 Å². The van der Waals surface area contributed by atoms with Gasteiger partial charge in [-0.25, -0.2) is 22.5 Å². The Labute approximate surface area is 369 Å². The zero-order valence-electron chi connectivity index (χ0n) is 35.2. The molecule has 0 radical (unpaired) electrons. The van der Waals surface area contributed by atoms with Crippen LogP contribution < -0.4 is 19.7 Å². The van der Waals surface area contributed by atoms with E-state index in [1.807, 2.05) is 22.9 Å². The highest BCUT2D eigenvalue weighted by molar-refractivity contribution is 7.90. The number of ether oxygens (including phenoxy) is 3. The van der Waals surface area contributed by atoms with Crippen LogP contribution in [0.2, 0.25) is 5.02 Å². The number of carbonyl (C=O) groups excluding carboxylic acids is 1. The van der Waals surface area contributed by atoms with E-state index in [1.165, 1.54) is 29.0 Å². The number of nitrogens with zero attached hydrogens (tertiary/aromatic N) is 4. The molecule has 0 spiro atoms. The Bertz CT molecular complexity index is 2670. The van der Waals surface area contributed by atoms with E-state index < -0.39 is 49.0 Å². The molecule has 4 heterocycles. The Hall–Kier alpha value is -5.59. The lowest BCUT2D eigenvalue weighted by molar-refractivity contribution is -0.384. The van der Waals surface area contributed by atoms with E-state index >= 15 is 4.39 Å². The number of rotatable bonds is 13. The summed E-state index contributed by atoms with van der Waals surface area (Å²) in [5.41, 5.74) is 4.10. The third-order valence-corrected chi connectivity index (χ3v) is 13.4. The molecule has 0 saturated carbocycles. The van der Waals surface area contributed by atoms with Crippen molar-refractivity contribution in [3.8, 4) is 11.5 Å². The highest BCUT2D eigenvalue weighted by Crippen LogP contribution is 2.44. The molecule has 0 unspecified atom stereocenters. The summed E-state index contributed by atoms with van der Waals surface area (Å²) in [6, 6.07) is 18.0. The molecule has 2 atom stereocenters. The van der Waals surface area contributed by atoms with Gasteiger partial charge in [-0.3, -0.25) is 19.8 Å². The summed E-state index contributed by atoms with van der Waals surface area (Å²) < 4.78 is 61.9. The number of nitro benzene ring substituents is 1. The number of sulfonamides is 1. The van der Waals surface area contributed by atoms with Crippen LogP contribution in [-0.2, 0) is 19.5 Å². The van der Waals surface area contributed by atoms with Crippen LogP contribution in [0.3, 0.4) is 0 Å². The van der Waals surface area contributed by atoms with Crippen molar-refractivity contribution in [1.29, 1.82) is 0 Å². The van der Waals surface area contributed by atoms with E-state index in [-0.39, 0.29) is 35.9 Å². The lowest BCUT2D eigenvalue weighted by Crippen LogP contribution is -2.52. The maximum Gasteiger partial charge on any atom is 0.296 e. The third-order valence-electron chi connectivity index (χ3n) is 11.9. The smallest absolute Gasteiger partial charge is 0.296 e. The molecule has 1 aliphatic carbocycles. The number of piperazine rings is 1. The van der Waals surface area contributed by atoms with Crippen LogP contribution in [0.1, 0.15) is 56.0 Å². The number of hydrogen-bond acceptors (Lipinski definition) is 12. The van der Waals surface area contributed by atoms with E-state index in [9.17, 15) is 23.3 Å². The number of hydrogen-bond donors (Lipinski definition) is 3. The number of anilines is 2. The van der Waals surface area contributed by atoms with E-state index in [1.54, 1.807) is 24.4 Å². The molecule has 2 fully saturated rings. The molecule has 332 valence electrons. The molecule has 8 rings (SSSR count). The topological polar surface area (TPSA) is 181 Å². The molecule has 3 aliphatic rings. The maximum atomic E-state index is 15.5. The molecular formula is C45H49ClFN7O8S. The van der Waals surface area contributed by atoms with Gasteiger partial charge in [-0.15, -0.1) is 0 Å². The van der Waals surface area contributed by atoms with Gasteiger partial charge in [0.15, 0.2) is 5.82 Å². The van der Waals surface area contributed by atoms with Gasteiger partial charge in [-0.1, -0.05) is 43.2 Å². The maximum absolute atomic E-state index is 15.5. The number of fused-ring (bicyclic) bond motifs is 1. The number of nitro groups is 1. The zero-order valence-corrected chi connectivity index (χ0v) is 36.7. The molecule has 15 nitrogen and oxygen atoms in total. The summed E-state index contributed by atoms with van der Waals surface area (Å²) in [7, 11) is -4.85. The Morgan fingerprint density at radius 2 is 1.92 bits per heavy atom. The summed E-state index contributed by atoms with van der Waals surface area (Å²) in [5.74, 6) is -1.96. The van der Waals surface area contributed by atoms with E-state index in [2.05, 4.69) is 58.0 Å². The molecule has 2 aromatic heterocycles. The van der Waals surface area contributed by atoms with E-state index in [0.29, 0.717) is 54.9 Å². The van der Waals surface area contributed by atoms with Crippen molar-refractivity contribution < 1.29 is 36.7 Å². The van der Waals surface area contributed by atoms with Crippen LogP contribution >= 0.6 is 11.6 Å². The largest absolute Gasteiger partial charge is 0.455 e. The Balaban J connectivity index is 1.03. The summed E-state index contributed by atoms with van der Waals surface area (Å²) in [6.07, 6.45) is 5.83. The van der Waals surface area contributed by atoms with Crippen molar-refractivity contribution in [3.63, 3.8) is 0 Å². The van der Waals surface area contributed by atoms with Crippen LogP contribution in [0, 0.1) is 21.3 Å². The Morgan fingerprint density at radius 1 is 1.11 bits per heavy atom. The van der Waals surface area contributed by atoms with Crippen LogP contribution in [0.5, 0.6) is 11.5 Å². The first-order valence-electron chi connectivity index (χ1n) is 20.8. The number of H-pyrrole nitrogens is 1. The number of allylic oxidation sites excluding steroid dienone is 1. The van der Waals surface area contributed by atoms with E-state index in [4.69, 9.17) is 25.8 Å². The minimum atomic E-state index is -4.85. The number of nitrogens with one attached hydrogen (secondary N) is 3. The van der Waals surface area contributed by atoms with Gasteiger partial charge < -0.3 is 29.4 Å². The van der Waals surface area contributed by atoms with E-state index in [0.717, 1.165) is 43.4 Å². The Kier molecular flexibility index (Phi) is 12.8. The molecule has 2 saturated heterocycles. The fourth-order valence-electron chi connectivity index (χ4n) is 8.40. The van der Waals surface area contributed by atoms with Crippen LogP contribution in [0.15, 0.2) is 89.6 Å². The second-order valence-electron chi connectivity index (χ2n) is 17.0. The minimum absolute atomic E-state index is 0.0244. The molecule has 3 N–H and O–H groups in total. The number of halogens is 2. The number of amides is 1. The number of pyridine rings is 1. The quantitative estimate of drug-likeness (QED) is 0.0763. The summed E-state index contributed by atoms with van der Waals surface area (Å²) in [6.45, 7) is 10.7. The molecule has 18 heteroatoms. The van der Waals surface area contributed by atoms with Gasteiger partial charge in [0.1, 0.15) is 22.8 Å². The van der Waals surface area contributed by atoms with Crippen LogP contribution in [0.4, 0.5) is 21.5 Å². The molecule has 1 amide bonds. The summed E-state index contributed by atoms with van der Waals surface area (Å²) in [4.78, 5) is 36.4. The number of aromatic amines is 1. The summed E-state index contributed by atoms with van der Waals surface area (Å²) >= 11 is 6.25. The van der Waals surface area contributed by atoms with Crippen molar-refractivity contribution >= 4 is 61.2 Å². The van der Waals surface area contributed by atoms with Crippen molar-refractivity contribution in [3.05, 3.63) is 117 Å². The summed E-state index contributed by atoms with van der Waals surface area (Å²) in [5, 5.41) is 16.1. The molecule has 5 aromatic rings. The first kappa shape index (κ1) is 44.0. The monoisotopic (exact) mass is 901 g/mol. The fourth-order valence-corrected chi connectivity index (χ4v) is 9.53. The van der Waals surface area contributed by atoms with Crippen molar-refractivity contribution in [2.45, 2.75) is 57.1 Å². The predicted octanol–water partition coefficient (Wildman–Crippen LogP) is 8.18.